The van der Waals surface area contributed by atoms with Crippen molar-refractivity contribution in [1.29, 1.82) is 0 Å². The molecule has 0 aromatic carbocycles. The Morgan fingerprint density at radius 3 is 1.71 bits per heavy atom. The van der Waals surface area contributed by atoms with Crippen molar-refractivity contribution < 1.29 is 14.2 Å². The van der Waals surface area contributed by atoms with Crippen molar-refractivity contribution in [2.24, 2.45) is 0 Å². The second-order valence-electron chi connectivity index (χ2n) is 5.39. The summed E-state index contributed by atoms with van der Waals surface area (Å²) in [6.45, 7) is 7.31. The summed E-state index contributed by atoms with van der Waals surface area (Å²) in [6.07, 6.45) is 12.1. The van der Waals surface area contributed by atoms with Gasteiger partial charge >= 0.3 is 0 Å². The lowest BCUT2D eigenvalue weighted by Crippen LogP contribution is -2.10. The van der Waals surface area contributed by atoms with Crippen LogP contribution in [0.25, 0.3) is 0 Å². The van der Waals surface area contributed by atoms with Crippen LogP contribution in [0.3, 0.4) is 0 Å². The second kappa shape index (κ2) is 17.9. The fourth-order valence-electron chi connectivity index (χ4n) is 2.08. The smallest absolute Gasteiger partial charge is 0.156 e. The van der Waals surface area contributed by atoms with Crippen LogP contribution in [0.4, 0.5) is 0 Å². The van der Waals surface area contributed by atoms with Gasteiger partial charge in [0, 0.05) is 13.5 Å². The zero-order valence-electron chi connectivity index (χ0n) is 14.0. The minimum Gasteiger partial charge on any atom is -0.485 e. The summed E-state index contributed by atoms with van der Waals surface area (Å²) in [7, 11) is 0. The van der Waals surface area contributed by atoms with E-state index in [-0.39, 0.29) is 0 Å². The summed E-state index contributed by atoms with van der Waals surface area (Å²) in [5.74, 6) is 0. The van der Waals surface area contributed by atoms with Crippen molar-refractivity contribution in [3.63, 3.8) is 0 Å². The van der Waals surface area contributed by atoms with E-state index in [1.165, 1.54) is 57.8 Å². The lowest BCUT2D eigenvalue weighted by atomic mass is 10.1. The van der Waals surface area contributed by atoms with Crippen LogP contribution in [0.5, 0.6) is 0 Å². The summed E-state index contributed by atoms with van der Waals surface area (Å²) in [5.41, 5.74) is 0. The van der Waals surface area contributed by atoms with Crippen molar-refractivity contribution >= 4 is 17.3 Å². The quantitative estimate of drug-likeness (QED) is 0.298. The molecule has 0 radical (unpaired) electrons. The Hall–Kier alpha value is -0.190. The number of hydrogen-bond donors (Lipinski definition) is 0. The minimum absolute atomic E-state index is 0.535. The highest BCUT2D eigenvalue weighted by atomic mass is 32.1. The highest BCUT2D eigenvalue weighted by molar-refractivity contribution is 7.80. The molecule has 0 atom stereocenters. The molecule has 0 heterocycles. The average Bonchev–Trinajstić information content (AvgIpc) is 2.46. The van der Waals surface area contributed by atoms with Crippen LogP contribution < -0.4 is 0 Å². The largest absolute Gasteiger partial charge is 0.485 e. The Kier molecular flexibility index (Phi) is 17.7. The van der Waals surface area contributed by atoms with E-state index >= 15 is 0 Å². The molecule has 0 N–H and O–H groups in total. The highest BCUT2D eigenvalue weighted by Crippen LogP contribution is 2.09. The van der Waals surface area contributed by atoms with Crippen molar-refractivity contribution in [2.75, 3.05) is 33.0 Å². The molecule has 0 bridgehead atoms. The molecule has 126 valence electrons. The predicted molar refractivity (Wildman–Crippen MR) is 93.1 cm³/mol. The third-order valence-electron chi connectivity index (χ3n) is 3.30. The van der Waals surface area contributed by atoms with Crippen molar-refractivity contribution in [3.8, 4) is 0 Å². The molecule has 0 spiro atoms. The molecule has 0 aromatic rings. The van der Waals surface area contributed by atoms with Gasteiger partial charge in [0.2, 0.25) is 0 Å². The van der Waals surface area contributed by atoms with Crippen LogP contribution in [-0.2, 0) is 14.2 Å². The monoisotopic (exact) mass is 318 g/mol. The van der Waals surface area contributed by atoms with Gasteiger partial charge in [-0.3, -0.25) is 0 Å². The summed E-state index contributed by atoms with van der Waals surface area (Å²) in [5, 5.41) is 0.570. The predicted octanol–water partition coefficient (Wildman–Crippen LogP) is 4.91. The minimum atomic E-state index is 0.535. The van der Waals surface area contributed by atoms with Gasteiger partial charge in [0.15, 0.2) is 5.05 Å². The second-order valence-corrected chi connectivity index (χ2v) is 5.97. The Morgan fingerprint density at radius 1 is 0.667 bits per heavy atom. The molecule has 0 aromatic heterocycles. The fraction of sp³-hybridized carbons (Fsp3) is 0.941. The van der Waals surface area contributed by atoms with Gasteiger partial charge in [0.1, 0.15) is 6.61 Å². The summed E-state index contributed by atoms with van der Waals surface area (Å²) in [4.78, 5) is 0. The van der Waals surface area contributed by atoms with Crippen LogP contribution in [0.2, 0.25) is 0 Å². The zero-order valence-corrected chi connectivity index (χ0v) is 14.8. The van der Waals surface area contributed by atoms with Crippen LogP contribution in [0, 0.1) is 0 Å². The number of rotatable bonds is 16. The molecule has 0 unspecified atom stereocenters. The average molecular weight is 319 g/mol. The van der Waals surface area contributed by atoms with Gasteiger partial charge in [-0.25, -0.2) is 0 Å². The van der Waals surface area contributed by atoms with Crippen molar-refractivity contribution in [3.05, 3.63) is 0 Å². The topological polar surface area (TPSA) is 27.7 Å². The van der Waals surface area contributed by atoms with Crippen LogP contribution in [0.15, 0.2) is 0 Å². The van der Waals surface area contributed by atoms with Crippen LogP contribution in [-0.4, -0.2) is 38.1 Å². The molecule has 4 heteroatoms. The van der Waals surface area contributed by atoms with E-state index in [9.17, 15) is 0 Å². The lowest BCUT2D eigenvalue weighted by molar-refractivity contribution is 0.0341. The maximum absolute atomic E-state index is 5.53. The number of unbranched alkanes of at least 4 members (excludes halogenated alkanes) is 8. The van der Waals surface area contributed by atoms with Crippen LogP contribution >= 0.6 is 12.2 Å². The van der Waals surface area contributed by atoms with Crippen LogP contribution in [0.1, 0.15) is 71.6 Å². The molecule has 0 aliphatic heterocycles. The standard InChI is InChI=1S/C17H34O3S/c1-3-4-5-6-7-8-9-10-11-12-18-13-14-19-15-16-20-17(2)21/h3-16H2,1-2H3. The van der Waals surface area contributed by atoms with Gasteiger partial charge in [0.25, 0.3) is 0 Å². The Balaban J connectivity index is 2.95. The van der Waals surface area contributed by atoms with Gasteiger partial charge in [-0.05, 0) is 18.6 Å². The van der Waals surface area contributed by atoms with E-state index in [0.717, 1.165) is 6.61 Å². The Bertz CT molecular complexity index is 222. The van der Waals surface area contributed by atoms with E-state index in [1.807, 2.05) is 0 Å². The van der Waals surface area contributed by atoms with Gasteiger partial charge < -0.3 is 14.2 Å². The molecule has 0 aliphatic rings. The number of thiocarbonyl (C=S) groups is 1. The van der Waals surface area contributed by atoms with Gasteiger partial charge in [-0.2, -0.15) is 0 Å². The molecule has 0 saturated heterocycles. The summed E-state index contributed by atoms with van der Waals surface area (Å²) >= 11 is 4.80. The Morgan fingerprint density at radius 2 is 1.14 bits per heavy atom. The van der Waals surface area contributed by atoms with Crippen molar-refractivity contribution in [2.45, 2.75) is 71.6 Å². The first kappa shape index (κ1) is 20.8. The number of hydrogen-bond acceptors (Lipinski definition) is 4. The maximum Gasteiger partial charge on any atom is 0.156 e. The van der Waals surface area contributed by atoms with E-state index in [1.54, 1.807) is 6.92 Å². The van der Waals surface area contributed by atoms with Crippen molar-refractivity contribution in [1.82, 2.24) is 0 Å². The molecule has 21 heavy (non-hydrogen) atoms. The summed E-state index contributed by atoms with van der Waals surface area (Å²) in [6, 6.07) is 0. The first-order valence-corrected chi connectivity index (χ1v) is 8.97. The molecular formula is C17H34O3S. The summed E-state index contributed by atoms with van der Waals surface area (Å²) < 4.78 is 16.0. The molecule has 0 fully saturated rings. The van der Waals surface area contributed by atoms with Gasteiger partial charge in [0.05, 0.1) is 19.8 Å². The molecule has 0 amide bonds. The number of ether oxygens (including phenoxy) is 3. The normalized spacial score (nSPS) is 10.8. The first-order valence-electron chi connectivity index (χ1n) is 8.56. The SMILES string of the molecule is CCCCCCCCCCCOCCOCCOC(C)=S. The molecular weight excluding hydrogens is 284 g/mol. The lowest BCUT2D eigenvalue weighted by Gasteiger charge is -2.06. The molecule has 0 saturated carbocycles. The third-order valence-corrected chi connectivity index (χ3v) is 3.42. The van der Waals surface area contributed by atoms with Gasteiger partial charge in [-0.15, -0.1) is 0 Å². The Labute approximate surface area is 136 Å². The fourth-order valence-corrected chi connectivity index (χ4v) is 2.16. The zero-order chi connectivity index (χ0) is 15.6. The van der Waals surface area contributed by atoms with Gasteiger partial charge in [-0.1, -0.05) is 58.3 Å². The molecule has 0 rings (SSSR count). The maximum atomic E-state index is 5.53. The molecule has 3 nitrogen and oxygen atoms in total. The highest BCUT2D eigenvalue weighted by Gasteiger charge is 1.94. The third kappa shape index (κ3) is 19.8. The van der Waals surface area contributed by atoms with E-state index in [0.29, 0.717) is 31.5 Å². The van der Waals surface area contributed by atoms with E-state index < -0.39 is 0 Å². The van der Waals surface area contributed by atoms with E-state index in [4.69, 9.17) is 26.4 Å². The first-order chi connectivity index (χ1) is 10.3. The molecule has 0 aliphatic carbocycles. The van der Waals surface area contributed by atoms with E-state index in [2.05, 4.69) is 6.92 Å².